The standard InChI is InChI=1S/C11H13ClN2O3/c12-10-2-1-3-11(14(16)17)9(10)6-13-4-8(5-13)7-15/h1-3,8,15H,4-7H2. The summed E-state index contributed by atoms with van der Waals surface area (Å²) in [7, 11) is 0. The van der Waals surface area contributed by atoms with Crippen LogP contribution in [0, 0.1) is 16.0 Å². The summed E-state index contributed by atoms with van der Waals surface area (Å²) in [6.07, 6.45) is 0. The number of hydrogen-bond donors (Lipinski definition) is 1. The van der Waals surface area contributed by atoms with Crippen LogP contribution in [0.25, 0.3) is 0 Å². The summed E-state index contributed by atoms with van der Waals surface area (Å²) in [6, 6.07) is 4.70. The van der Waals surface area contributed by atoms with E-state index in [1.807, 2.05) is 4.90 Å². The van der Waals surface area contributed by atoms with Crippen molar-refractivity contribution in [3.63, 3.8) is 0 Å². The van der Waals surface area contributed by atoms with Gasteiger partial charge in [-0.2, -0.15) is 0 Å². The van der Waals surface area contributed by atoms with E-state index < -0.39 is 4.92 Å². The molecule has 0 amide bonds. The maximum atomic E-state index is 10.9. The van der Waals surface area contributed by atoms with Crippen molar-refractivity contribution in [2.75, 3.05) is 19.7 Å². The molecule has 1 aromatic carbocycles. The number of benzene rings is 1. The lowest BCUT2D eigenvalue weighted by Crippen LogP contribution is -2.47. The lowest BCUT2D eigenvalue weighted by Gasteiger charge is -2.38. The summed E-state index contributed by atoms with van der Waals surface area (Å²) in [5.74, 6) is 0.288. The van der Waals surface area contributed by atoms with Crippen molar-refractivity contribution in [3.05, 3.63) is 38.9 Å². The lowest BCUT2D eigenvalue weighted by atomic mass is 10.00. The molecule has 0 saturated carbocycles. The first-order valence-electron chi connectivity index (χ1n) is 5.36. The zero-order chi connectivity index (χ0) is 12.4. The molecule has 0 spiro atoms. The van der Waals surface area contributed by atoms with Crippen LogP contribution < -0.4 is 0 Å². The number of hydrogen-bond acceptors (Lipinski definition) is 4. The number of aliphatic hydroxyl groups excluding tert-OH is 1. The van der Waals surface area contributed by atoms with Crippen LogP contribution in [0.1, 0.15) is 5.56 Å². The minimum absolute atomic E-state index is 0.0601. The van der Waals surface area contributed by atoms with Crippen molar-refractivity contribution in [1.29, 1.82) is 0 Å². The second-order valence-corrected chi connectivity index (χ2v) is 4.64. The van der Waals surface area contributed by atoms with E-state index in [1.54, 1.807) is 12.1 Å². The second-order valence-electron chi connectivity index (χ2n) is 4.24. The largest absolute Gasteiger partial charge is 0.396 e. The van der Waals surface area contributed by atoms with Crippen LogP contribution in [-0.2, 0) is 6.54 Å². The van der Waals surface area contributed by atoms with Crippen molar-refractivity contribution < 1.29 is 10.0 Å². The first-order chi connectivity index (χ1) is 8.11. The van der Waals surface area contributed by atoms with E-state index in [0.717, 1.165) is 13.1 Å². The molecule has 1 saturated heterocycles. The van der Waals surface area contributed by atoms with E-state index in [1.165, 1.54) is 6.07 Å². The second kappa shape index (κ2) is 5.00. The highest BCUT2D eigenvalue weighted by atomic mass is 35.5. The van der Waals surface area contributed by atoms with Crippen LogP contribution in [-0.4, -0.2) is 34.6 Å². The molecule has 1 aliphatic heterocycles. The lowest BCUT2D eigenvalue weighted by molar-refractivity contribution is -0.385. The van der Waals surface area contributed by atoms with E-state index in [9.17, 15) is 10.1 Å². The molecule has 92 valence electrons. The van der Waals surface area contributed by atoms with Gasteiger partial charge in [0.1, 0.15) is 0 Å². The van der Waals surface area contributed by atoms with Gasteiger partial charge in [0, 0.05) is 38.2 Å². The Kier molecular flexibility index (Phi) is 3.61. The van der Waals surface area contributed by atoms with Crippen LogP contribution in [0.2, 0.25) is 5.02 Å². The first-order valence-corrected chi connectivity index (χ1v) is 5.74. The maximum absolute atomic E-state index is 10.9. The Bertz CT molecular complexity index is 433. The Morgan fingerprint density at radius 2 is 2.24 bits per heavy atom. The molecule has 0 bridgehead atoms. The van der Waals surface area contributed by atoms with E-state index in [-0.39, 0.29) is 18.2 Å². The number of nitrogens with zero attached hydrogens (tertiary/aromatic N) is 2. The topological polar surface area (TPSA) is 66.6 Å². The minimum atomic E-state index is -0.412. The minimum Gasteiger partial charge on any atom is -0.396 e. The van der Waals surface area contributed by atoms with Gasteiger partial charge in [-0.15, -0.1) is 0 Å². The van der Waals surface area contributed by atoms with Crippen LogP contribution in [0.15, 0.2) is 18.2 Å². The third-order valence-electron chi connectivity index (χ3n) is 2.96. The van der Waals surface area contributed by atoms with Gasteiger partial charge < -0.3 is 5.11 Å². The van der Waals surface area contributed by atoms with Gasteiger partial charge in [0.25, 0.3) is 5.69 Å². The number of likely N-dealkylation sites (tertiary alicyclic amines) is 1. The molecule has 0 aromatic heterocycles. The van der Waals surface area contributed by atoms with Gasteiger partial charge in [0.05, 0.1) is 15.5 Å². The summed E-state index contributed by atoms with van der Waals surface area (Å²) in [5.41, 5.74) is 0.612. The smallest absolute Gasteiger partial charge is 0.275 e. The number of rotatable bonds is 4. The third-order valence-corrected chi connectivity index (χ3v) is 3.32. The number of nitro groups is 1. The number of aliphatic hydroxyl groups is 1. The molecule has 0 radical (unpaired) electrons. The summed E-state index contributed by atoms with van der Waals surface area (Å²) < 4.78 is 0. The van der Waals surface area contributed by atoms with Crippen molar-refractivity contribution in [1.82, 2.24) is 4.90 Å². The van der Waals surface area contributed by atoms with Crippen LogP contribution in [0.3, 0.4) is 0 Å². The summed E-state index contributed by atoms with van der Waals surface area (Å²) in [6.45, 7) is 2.16. The van der Waals surface area contributed by atoms with Crippen molar-refractivity contribution in [2.24, 2.45) is 5.92 Å². The summed E-state index contributed by atoms with van der Waals surface area (Å²) in [4.78, 5) is 12.5. The molecular formula is C11H13ClN2O3. The Hall–Kier alpha value is -1.17. The van der Waals surface area contributed by atoms with Gasteiger partial charge in [0.2, 0.25) is 0 Å². The number of nitro benzene ring substituents is 1. The van der Waals surface area contributed by atoms with E-state index in [0.29, 0.717) is 17.1 Å². The molecule has 0 aliphatic carbocycles. The third kappa shape index (κ3) is 2.57. The molecule has 1 aromatic rings. The van der Waals surface area contributed by atoms with Gasteiger partial charge in [-0.25, -0.2) is 0 Å². The highest BCUT2D eigenvalue weighted by molar-refractivity contribution is 6.31. The van der Waals surface area contributed by atoms with E-state index >= 15 is 0 Å². The fourth-order valence-electron chi connectivity index (χ4n) is 2.02. The Morgan fingerprint density at radius 1 is 1.53 bits per heavy atom. The molecule has 1 fully saturated rings. The monoisotopic (exact) mass is 256 g/mol. The average Bonchev–Trinajstić information content (AvgIpc) is 2.24. The Balaban J connectivity index is 2.12. The highest BCUT2D eigenvalue weighted by Crippen LogP contribution is 2.29. The van der Waals surface area contributed by atoms with Crippen molar-refractivity contribution in [3.8, 4) is 0 Å². The van der Waals surface area contributed by atoms with Gasteiger partial charge >= 0.3 is 0 Å². The molecular weight excluding hydrogens is 244 g/mol. The summed E-state index contributed by atoms with van der Waals surface area (Å²) >= 11 is 5.99. The average molecular weight is 257 g/mol. The Labute approximate surface area is 104 Å². The van der Waals surface area contributed by atoms with Crippen molar-refractivity contribution >= 4 is 17.3 Å². The molecule has 1 N–H and O–H groups in total. The van der Waals surface area contributed by atoms with Crippen LogP contribution in [0.4, 0.5) is 5.69 Å². The van der Waals surface area contributed by atoms with Gasteiger partial charge in [-0.05, 0) is 6.07 Å². The zero-order valence-corrected chi connectivity index (χ0v) is 9.93. The fourth-order valence-corrected chi connectivity index (χ4v) is 2.25. The highest BCUT2D eigenvalue weighted by Gasteiger charge is 2.28. The molecule has 1 aliphatic rings. The molecule has 0 unspecified atom stereocenters. The predicted octanol–water partition coefficient (Wildman–Crippen LogP) is 1.67. The SMILES string of the molecule is O=[N+]([O-])c1cccc(Cl)c1CN1CC(CO)C1. The molecule has 0 atom stereocenters. The Morgan fingerprint density at radius 3 is 2.82 bits per heavy atom. The van der Waals surface area contributed by atoms with Crippen LogP contribution >= 0.6 is 11.6 Å². The number of halogens is 1. The summed E-state index contributed by atoms with van der Waals surface area (Å²) in [5, 5.41) is 20.2. The van der Waals surface area contributed by atoms with E-state index in [4.69, 9.17) is 16.7 Å². The fraction of sp³-hybridized carbons (Fsp3) is 0.455. The zero-order valence-electron chi connectivity index (χ0n) is 9.17. The molecule has 2 rings (SSSR count). The maximum Gasteiger partial charge on any atom is 0.275 e. The van der Waals surface area contributed by atoms with E-state index in [2.05, 4.69) is 0 Å². The predicted molar refractivity (Wildman–Crippen MR) is 64.0 cm³/mol. The molecule has 1 heterocycles. The normalized spacial score (nSPS) is 16.8. The first kappa shape index (κ1) is 12.3. The van der Waals surface area contributed by atoms with Crippen LogP contribution in [0.5, 0.6) is 0 Å². The van der Waals surface area contributed by atoms with Gasteiger partial charge in [0.15, 0.2) is 0 Å². The molecule has 6 heteroatoms. The van der Waals surface area contributed by atoms with Gasteiger partial charge in [-0.1, -0.05) is 17.7 Å². The quantitative estimate of drug-likeness (QED) is 0.657. The van der Waals surface area contributed by atoms with Crippen molar-refractivity contribution in [2.45, 2.75) is 6.54 Å². The molecule has 17 heavy (non-hydrogen) atoms. The van der Waals surface area contributed by atoms with Gasteiger partial charge in [-0.3, -0.25) is 15.0 Å². The molecule has 5 nitrogen and oxygen atoms in total.